The SMILES string of the molecule is COC(=O)c1ccc(I)c(OCCc2ccccc2C)c1. The van der Waals surface area contributed by atoms with Crippen molar-refractivity contribution in [3.8, 4) is 5.75 Å². The summed E-state index contributed by atoms with van der Waals surface area (Å²) in [7, 11) is 1.37. The molecule has 3 nitrogen and oxygen atoms in total. The number of ether oxygens (including phenoxy) is 2. The van der Waals surface area contributed by atoms with Crippen LogP contribution in [0.5, 0.6) is 5.75 Å². The molecule has 21 heavy (non-hydrogen) atoms. The van der Waals surface area contributed by atoms with Gasteiger partial charge in [0, 0.05) is 6.42 Å². The number of rotatable bonds is 5. The maximum absolute atomic E-state index is 11.5. The van der Waals surface area contributed by atoms with E-state index in [0.717, 1.165) is 9.99 Å². The first-order chi connectivity index (χ1) is 10.1. The summed E-state index contributed by atoms with van der Waals surface area (Å²) in [6.07, 6.45) is 0.838. The van der Waals surface area contributed by atoms with Gasteiger partial charge in [0.15, 0.2) is 0 Å². The van der Waals surface area contributed by atoms with E-state index in [9.17, 15) is 4.79 Å². The highest BCUT2D eigenvalue weighted by atomic mass is 127. The van der Waals surface area contributed by atoms with E-state index in [1.165, 1.54) is 18.2 Å². The smallest absolute Gasteiger partial charge is 0.337 e. The van der Waals surface area contributed by atoms with E-state index in [1.807, 2.05) is 18.2 Å². The van der Waals surface area contributed by atoms with Crippen LogP contribution in [0, 0.1) is 10.5 Å². The van der Waals surface area contributed by atoms with E-state index in [2.05, 4.69) is 41.6 Å². The van der Waals surface area contributed by atoms with Crippen molar-refractivity contribution in [2.75, 3.05) is 13.7 Å². The molecule has 2 aromatic carbocycles. The number of carbonyl (C=O) groups excluding carboxylic acids is 1. The van der Waals surface area contributed by atoms with Gasteiger partial charge in [-0.2, -0.15) is 0 Å². The van der Waals surface area contributed by atoms with Crippen LogP contribution in [0.15, 0.2) is 42.5 Å². The Kier molecular flexibility index (Phi) is 5.61. The quantitative estimate of drug-likeness (QED) is 0.566. The molecule has 0 aliphatic heterocycles. The van der Waals surface area contributed by atoms with E-state index >= 15 is 0 Å². The fraction of sp³-hybridized carbons (Fsp3) is 0.235. The number of halogens is 1. The van der Waals surface area contributed by atoms with Crippen LogP contribution in [-0.4, -0.2) is 19.7 Å². The lowest BCUT2D eigenvalue weighted by molar-refractivity contribution is 0.0600. The van der Waals surface area contributed by atoms with Gasteiger partial charge in [0.25, 0.3) is 0 Å². The Morgan fingerprint density at radius 2 is 1.95 bits per heavy atom. The topological polar surface area (TPSA) is 35.5 Å². The van der Waals surface area contributed by atoms with Crippen LogP contribution in [0.1, 0.15) is 21.5 Å². The van der Waals surface area contributed by atoms with Gasteiger partial charge < -0.3 is 9.47 Å². The Labute approximate surface area is 138 Å². The van der Waals surface area contributed by atoms with Gasteiger partial charge in [-0.15, -0.1) is 0 Å². The largest absolute Gasteiger partial charge is 0.492 e. The van der Waals surface area contributed by atoms with Gasteiger partial charge in [-0.1, -0.05) is 24.3 Å². The lowest BCUT2D eigenvalue weighted by atomic mass is 10.1. The van der Waals surface area contributed by atoms with Gasteiger partial charge in [0.05, 0.1) is 22.9 Å². The van der Waals surface area contributed by atoms with Gasteiger partial charge >= 0.3 is 5.97 Å². The summed E-state index contributed by atoms with van der Waals surface area (Å²) >= 11 is 2.20. The highest BCUT2D eigenvalue weighted by Crippen LogP contribution is 2.23. The minimum Gasteiger partial charge on any atom is -0.492 e. The van der Waals surface area contributed by atoms with E-state index in [0.29, 0.717) is 17.9 Å². The van der Waals surface area contributed by atoms with Crippen LogP contribution >= 0.6 is 22.6 Å². The Bertz CT molecular complexity index is 638. The zero-order chi connectivity index (χ0) is 15.2. The highest BCUT2D eigenvalue weighted by molar-refractivity contribution is 14.1. The second-order valence-corrected chi connectivity index (χ2v) is 5.82. The molecule has 0 atom stereocenters. The minimum absolute atomic E-state index is 0.352. The molecule has 0 fully saturated rings. The van der Waals surface area contributed by atoms with Crippen molar-refractivity contribution < 1.29 is 14.3 Å². The summed E-state index contributed by atoms with van der Waals surface area (Å²) in [6.45, 7) is 2.67. The third-order valence-corrected chi connectivity index (χ3v) is 4.13. The molecule has 2 aromatic rings. The molecule has 0 saturated carbocycles. The van der Waals surface area contributed by atoms with Crippen molar-refractivity contribution in [1.82, 2.24) is 0 Å². The Balaban J connectivity index is 2.03. The van der Waals surface area contributed by atoms with Crippen molar-refractivity contribution in [2.24, 2.45) is 0 Å². The van der Waals surface area contributed by atoms with Gasteiger partial charge in [0.1, 0.15) is 5.75 Å². The predicted octanol–water partition coefficient (Wildman–Crippen LogP) is 4.01. The first kappa shape index (κ1) is 15.8. The standard InChI is InChI=1S/C17H17IO3/c1-12-5-3-4-6-13(12)9-10-21-16-11-14(17(19)20-2)7-8-15(16)18/h3-8,11H,9-10H2,1-2H3. The maximum Gasteiger partial charge on any atom is 0.337 e. The lowest BCUT2D eigenvalue weighted by Crippen LogP contribution is -2.06. The average molecular weight is 396 g/mol. The number of carbonyl (C=O) groups is 1. The van der Waals surface area contributed by atoms with Crippen molar-refractivity contribution >= 4 is 28.6 Å². The lowest BCUT2D eigenvalue weighted by Gasteiger charge is -2.10. The highest BCUT2D eigenvalue weighted by Gasteiger charge is 2.09. The van der Waals surface area contributed by atoms with Gasteiger partial charge in [0.2, 0.25) is 0 Å². The number of hydrogen-bond donors (Lipinski definition) is 0. The van der Waals surface area contributed by atoms with Crippen LogP contribution in [-0.2, 0) is 11.2 Å². The number of esters is 1. The van der Waals surface area contributed by atoms with Crippen LogP contribution in [0.4, 0.5) is 0 Å². The molecule has 0 radical (unpaired) electrons. The van der Waals surface area contributed by atoms with Crippen molar-refractivity contribution in [2.45, 2.75) is 13.3 Å². The molecule has 0 aromatic heterocycles. The zero-order valence-electron chi connectivity index (χ0n) is 12.1. The molecule has 0 spiro atoms. The first-order valence-corrected chi connectivity index (χ1v) is 7.75. The van der Waals surface area contributed by atoms with Gasteiger partial charge in [-0.3, -0.25) is 0 Å². The van der Waals surface area contributed by atoms with Crippen molar-refractivity contribution in [3.63, 3.8) is 0 Å². The van der Waals surface area contributed by atoms with Crippen molar-refractivity contribution in [3.05, 3.63) is 62.7 Å². The molecule has 4 heteroatoms. The zero-order valence-corrected chi connectivity index (χ0v) is 14.2. The van der Waals surface area contributed by atoms with Crippen LogP contribution in [0.2, 0.25) is 0 Å². The molecular weight excluding hydrogens is 379 g/mol. The second kappa shape index (κ2) is 7.45. The number of methoxy groups -OCH3 is 1. The van der Waals surface area contributed by atoms with Crippen LogP contribution in [0.25, 0.3) is 0 Å². The number of hydrogen-bond acceptors (Lipinski definition) is 3. The van der Waals surface area contributed by atoms with Crippen LogP contribution < -0.4 is 4.74 Å². The van der Waals surface area contributed by atoms with E-state index < -0.39 is 0 Å². The molecular formula is C17H17IO3. The fourth-order valence-electron chi connectivity index (χ4n) is 2.02. The van der Waals surface area contributed by atoms with E-state index in [1.54, 1.807) is 12.1 Å². The third-order valence-electron chi connectivity index (χ3n) is 3.24. The third kappa shape index (κ3) is 4.20. The number of benzene rings is 2. The molecule has 0 heterocycles. The summed E-state index contributed by atoms with van der Waals surface area (Å²) < 4.78 is 11.5. The predicted molar refractivity (Wildman–Crippen MR) is 90.9 cm³/mol. The molecule has 0 aliphatic rings. The van der Waals surface area contributed by atoms with Gasteiger partial charge in [-0.05, 0) is 58.8 Å². The van der Waals surface area contributed by atoms with Crippen LogP contribution in [0.3, 0.4) is 0 Å². The molecule has 0 aliphatic carbocycles. The monoisotopic (exact) mass is 396 g/mol. The average Bonchev–Trinajstić information content (AvgIpc) is 2.50. The van der Waals surface area contributed by atoms with Gasteiger partial charge in [-0.25, -0.2) is 4.79 Å². The molecule has 0 saturated heterocycles. The fourth-order valence-corrected chi connectivity index (χ4v) is 2.51. The molecule has 0 N–H and O–H groups in total. The summed E-state index contributed by atoms with van der Waals surface area (Å²) in [5.74, 6) is 0.363. The number of aryl methyl sites for hydroxylation is 1. The second-order valence-electron chi connectivity index (χ2n) is 4.66. The molecule has 110 valence electrons. The maximum atomic E-state index is 11.5. The molecule has 2 rings (SSSR count). The summed E-state index contributed by atoms with van der Waals surface area (Å²) in [5, 5.41) is 0. The molecule has 0 amide bonds. The van der Waals surface area contributed by atoms with Crippen molar-refractivity contribution in [1.29, 1.82) is 0 Å². The summed E-state index contributed by atoms with van der Waals surface area (Å²) in [4.78, 5) is 11.5. The summed E-state index contributed by atoms with van der Waals surface area (Å²) in [6, 6.07) is 13.6. The Morgan fingerprint density at radius 3 is 2.67 bits per heavy atom. The molecule has 0 bridgehead atoms. The van der Waals surface area contributed by atoms with E-state index in [4.69, 9.17) is 9.47 Å². The molecule has 0 unspecified atom stereocenters. The first-order valence-electron chi connectivity index (χ1n) is 6.67. The Hall–Kier alpha value is -1.56. The van der Waals surface area contributed by atoms with E-state index in [-0.39, 0.29) is 5.97 Å². The normalized spacial score (nSPS) is 10.2. The summed E-state index contributed by atoms with van der Waals surface area (Å²) in [5.41, 5.74) is 3.04. The minimum atomic E-state index is -0.352. The Morgan fingerprint density at radius 1 is 1.19 bits per heavy atom.